The Kier molecular flexibility index (Phi) is 7.34. The van der Waals surface area contributed by atoms with Gasteiger partial charge in [0.25, 0.3) is 0 Å². The molecule has 1 aromatic rings. The fraction of sp³-hybridized carbons (Fsp3) is 0.611. The lowest BCUT2D eigenvalue weighted by Gasteiger charge is -2.30. The second kappa shape index (κ2) is 9.49. The maximum Gasteiger partial charge on any atom is 0.191 e. The van der Waals surface area contributed by atoms with Gasteiger partial charge >= 0.3 is 0 Å². The van der Waals surface area contributed by atoms with Gasteiger partial charge in [-0.15, -0.1) is 0 Å². The van der Waals surface area contributed by atoms with Gasteiger partial charge in [-0.3, -0.25) is 4.99 Å². The number of nitrogens with one attached hydrogen (secondary N) is 2. The van der Waals surface area contributed by atoms with Crippen molar-refractivity contribution in [3.8, 4) is 5.75 Å². The highest BCUT2D eigenvalue weighted by Crippen LogP contribution is 2.20. The van der Waals surface area contributed by atoms with Gasteiger partial charge in [0.15, 0.2) is 5.96 Å². The van der Waals surface area contributed by atoms with Crippen LogP contribution in [0.2, 0.25) is 0 Å². The summed E-state index contributed by atoms with van der Waals surface area (Å²) in [5, 5.41) is 17.0. The van der Waals surface area contributed by atoms with Gasteiger partial charge < -0.3 is 25.2 Å². The van der Waals surface area contributed by atoms with Gasteiger partial charge in [0, 0.05) is 39.1 Å². The fourth-order valence-corrected chi connectivity index (χ4v) is 2.59. The van der Waals surface area contributed by atoms with Crippen LogP contribution < -0.4 is 15.4 Å². The lowest BCUT2D eigenvalue weighted by molar-refractivity contribution is -0.0565. The van der Waals surface area contributed by atoms with Crippen LogP contribution in [0.1, 0.15) is 25.3 Å². The molecule has 1 aliphatic heterocycles. The van der Waals surface area contributed by atoms with Crippen LogP contribution in [0.15, 0.2) is 29.3 Å². The molecule has 0 saturated carbocycles. The molecule has 0 aliphatic carbocycles. The van der Waals surface area contributed by atoms with Gasteiger partial charge in [-0.1, -0.05) is 12.1 Å². The third-order valence-electron chi connectivity index (χ3n) is 4.16. The topological polar surface area (TPSA) is 75.1 Å². The first-order valence-corrected chi connectivity index (χ1v) is 8.60. The first-order valence-electron chi connectivity index (χ1n) is 8.60. The number of ether oxygens (including phenoxy) is 2. The molecule has 0 unspecified atom stereocenters. The maximum absolute atomic E-state index is 10.5. The molecule has 1 heterocycles. The van der Waals surface area contributed by atoms with Crippen molar-refractivity contribution in [2.75, 3.05) is 40.0 Å². The second-order valence-corrected chi connectivity index (χ2v) is 6.06. The summed E-state index contributed by atoms with van der Waals surface area (Å²) in [6, 6.07) is 8.06. The van der Waals surface area contributed by atoms with E-state index in [-0.39, 0.29) is 0 Å². The predicted octanol–water partition coefficient (Wildman–Crippen LogP) is 1.33. The van der Waals surface area contributed by atoms with E-state index in [0.29, 0.717) is 32.6 Å². The van der Waals surface area contributed by atoms with E-state index in [0.717, 1.165) is 31.2 Å². The molecular weight excluding hydrogens is 306 g/mol. The molecule has 6 nitrogen and oxygen atoms in total. The van der Waals surface area contributed by atoms with E-state index in [1.165, 1.54) is 5.56 Å². The highest BCUT2D eigenvalue weighted by Gasteiger charge is 2.29. The SMILES string of the molecule is CCNC(=NCC1(O)CCOCC1)NCCc1ccc(OC)cc1. The number of rotatable bonds is 7. The molecule has 2 rings (SSSR count). The Morgan fingerprint density at radius 1 is 1.25 bits per heavy atom. The van der Waals surface area contributed by atoms with Gasteiger partial charge in [0.05, 0.1) is 19.3 Å². The third kappa shape index (κ3) is 6.02. The van der Waals surface area contributed by atoms with E-state index >= 15 is 0 Å². The van der Waals surface area contributed by atoms with Crippen LogP contribution in [0, 0.1) is 0 Å². The largest absolute Gasteiger partial charge is 0.497 e. The summed E-state index contributed by atoms with van der Waals surface area (Å²) in [5.74, 6) is 1.61. The highest BCUT2D eigenvalue weighted by molar-refractivity contribution is 5.79. The smallest absolute Gasteiger partial charge is 0.191 e. The number of guanidine groups is 1. The van der Waals surface area contributed by atoms with Gasteiger partial charge in [-0.2, -0.15) is 0 Å². The van der Waals surface area contributed by atoms with Crippen molar-refractivity contribution in [2.45, 2.75) is 31.8 Å². The van der Waals surface area contributed by atoms with Crippen LogP contribution in [-0.2, 0) is 11.2 Å². The number of methoxy groups -OCH3 is 1. The van der Waals surface area contributed by atoms with Gasteiger partial charge in [0.1, 0.15) is 5.75 Å². The molecular formula is C18H29N3O3. The molecule has 24 heavy (non-hydrogen) atoms. The maximum atomic E-state index is 10.5. The van der Waals surface area contributed by atoms with Crippen LogP contribution >= 0.6 is 0 Å². The molecule has 1 saturated heterocycles. The summed E-state index contributed by atoms with van der Waals surface area (Å²) < 4.78 is 10.5. The number of benzene rings is 1. The number of nitrogens with zero attached hydrogens (tertiary/aromatic N) is 1. The summed E-state index contributed by atoms with van der Waals surface area (Å²) >= 11 is 0. The minimum Gasteiger partial charge on any atom is -0.497 e. The number of hydrogen-bond donors (Lipinski definition) is 3. The number of aliphatic hydroxyl groups is 1. The van der Waals surface area contributed by atoms with Crippen molar-refractivity contribution in [3.05, 3.63) is 29.8 Å². The molecule has 0 radical (unpaired) electrons. The first-order chi connectivity index (χ1) is 11.6. The van der Waals surface area contributed by atoms with E-state index in [4.69, 9.17) is 9.47 Å². The third-order valence-corrected chi connectivity index (χ3v) is 4.16. The second-order valence-electron chi connectivity index (χ2n) is 6.06. The number of aliphatic imine (C=N–C) groups is 1. The lowest BCUT2D eigenvalue weighted by Crippen LogP contribution is -2.43. The van der Waals surface area contributed by atoms with Crippen LogP contribution in [0.3, 0.4) is 0 Å². The van der Waals surface area contributed by atoms with Crippen molar-refractivity contribution in [2.24, 2.45) is 4.99 Å². The van der Waals surface area contributed by atoms with Crippen molar-refractivity contribution in [1.82, 2.24) is 10.6 Å². The highest BCUT2D eigenvalue weighted by atomic mass is 16.5. The summed E-state index contributed by atoms with van der Waals surface area (Å²) in [7, 11) is 1.67. The van der Waals surface area contributed by atoms with Crippen LogP contribution in [0.5, 0.6) is 5.75 Å². The Morgan fingerprint density at radius 2 is 1.96 bits per heavy atom. The molecule has 6 heteroatoms. The standard InChI is InChI=1S/C18H29N3O3/c1-3-19-17(21-14-18(22)9-12-24-13-10-18)20-11-8-15-4-6-16(23-2)7-5-15/h4-7,22H,3,8-14H2,1-2H3,(H2,19,20,21). The van der Waals surface area contributed by atoms with Crippen LogP contribution in [-0.4, -0.2) is 56.6 Å². The molecule has 0 amide bonds. The molecule has 1 fully saturated rings. The van der Waals surface area contributed by atoms with Crippen molar-refractivity contribution >= 4 is 5.96 Å². The van der Waals surface area contributed by atoms with E-state index in [1.54, 1.807) is 7.11 Å². The van der Waals surface area contributed by atoms with E-state index in [9.17, 15) is 5.11 Å². The molecule has 0 spiro atoms. The monoisotopic (exact) mass is 335 g/mol. The minimum atomic E-state index is -0.739. The molecule has 0 bridgehead atoms. The molecule has 0 atom stereocenters. The summed E-state index contributed by atoms with van der Waals surface area (Å²) in [6.07, 6.45) is 2.18. The Hall–Kier alpha value is -1.79. The zero-order valence-electron chi connectivity index (χ0n) is 14.7. The zero-order valence-corrected chi connectivity index (χ0v) is 14.7. The Balaban J connectivity index is 1.82. The average Bonchev–Trinajstić information content (AvgIpc) is 2.61. The molecule has 1 aromatic carbocycles. The molecule has 0 aromatic heterocycles. The summed E-state index contributed by atoms with van der Waals surface area (Å²) in [4.78, 5) is 4.54. The van der Waals surface area contributed by atoms with E-state index < -0.39 is 5.60 Å². The normalized spacial score (nSPS) is 17.4. The Morgan fingerprint density at radius 3 is 2.58 bits per heavy atom. The van der Waals surface area contributed by atoms with E-state index in [2.05, 4.69) is 27.8 Å². The summed E-state index contributed by atoms with van der Waals surface area (Å²) in [6.45, 7) is 5.20. The van der Waals surface area contributed by atoms with Gasteiger partial charge in [0.2, 0.25) is 0 Å². The van der Waals surface area contributed by atoms with Gasteiger partial charge in [-0.05, 0) is 31.0 Å². The van der Waals surface area contributed by atoms with Crippen LogP contribution in [0.4, 0.5) is 0 Å². The predicted molar refractivity (Wildman–Crippen MR) is 95.7 cm³/mol. The van der Waals surface area contributed by atoms with Gasteiger partial charge in [-0.25, -0.2) is 0 Å². The quantitative estimate of drug-likeness (QED) is 0.518. The molecule has 1 aliphatic rings. The minimum absolute atomic E-state index is 0.397. The molecule has 134 valence electrons. The van der Waals surface area contributed by atoms with Crippen molar-refractivity contribution in [1.29, 1.82) is 0 Å². The average molecular weight is 335 g/mol. The first kappa shape index (κ1) is 18.5. The Labute approximate surface area is 144 Å². The number of hydrogen-bond acceptors (Lipinski definition) is 4. The zero-order chi connectivity index (χ0) is 17.3. The molecule has 3 N–H and O–H groups in total. The van der Waals surface area contributed by atoms with Crippen LogP contribution in [0.25, 0.3) is 0 Å². The lowest BCUT2D eigenvalue weighted by atomic mass is 9.95. The fourth-order valence-electron chi connectivity index (χ4n) is 2.59. The van der Waals surface area contributed by atoms with Crippen molar-refractivity contribution < 1.29 is 14.6 Å². The van der Waals surface area contributed by atoms with Crippen molar-refractivity contribution in [3.63, 3.8) is 0 Å². The summed E-state index contributed by atoms with van der Waals surface area (Å²) in [5.41, 5.74) is 0.499. The van der Waals surface area contributed by atoms with E-state index in [1.807, 2.05) is 19.1 Å². The Bertz CT molecular complexity index is 511.